The standard InChI is InChI=1S/C23H16F3N5O3/c24-23(25,26)16-8-6-14(7-9-16)11-31-13-28-19-18(31)10-27-20(30-19)21(32)34-22-29-17(12-33-22)15-4-2-1-3-5-15/h1-10,13,17H,11-12H2/t17-/m0/s1. The molecule has 5 rings (SSSR count). The van der Waals surface area contributed by atoms with Crippen LogP contribution in [0.2, 0.25) is 0 Å². The summed E-state index contributed by atoms with van der Waals surface area (Å²) in [6, 6.07) is 14.0. The Labute approximate surface area is 190 Å². The Kier molecular flexibility index (Phi) is 5.44. The summed E-state index contributed by atoms with van der Waals surface area (Å²) in [5, 5.41) is 0. The number of fused-ring (bicyclic) bond motifs is 1. The molecule has 34 heavy (non-hydrogen) atoms. The molecule has 0 fully saturated rings. The van der Waals surface area contributed by atoms with E-state index in [2.05, 4.69) is 19.9 Å². The minimum absolute atomic E-state index is 0.157. The Balaban J connectivity index is 1.28. The number of nitrogens with zero attached hydrogens (tertiary/aromatic N) is 5. The molecule has 2 aromatic heterocycles. The molecule has 1 aliphatic rings. The van der Waals surface area contributed by atoms with Crippen LogP contribution in [0, 0.1) is 0 Å². The Bertz CT molecular complexity index is 1370. The minimum atomic E-state index is -4.39. The van der Waals surface area contributed by atoms with Gasteiger partial charge in [0, 0.05) is 6.54 Å². The second kappa shape index (κ2) is 8.58. The highest BCUT2D eigenvalue weighted by Gasteiger charge is 2.30. The lowest BCUT2D eigenvalue weighted by atomic mass is 10.1. The maximum absolute atomic E-state index is 12.7. The zero-order chi connectivity index (χ0) is 23.7. The number of hydrogen-bond acceptors (Lipinski definition) is 7. The molecule has 4 aromatic rings. The molecule has 3 heterocycles. The predicted octanol–water partition coefficient (Wildman–Crippen LogP) is 4.18. The molecule has 0 saturated carbocycles. The number of carbonyl (C=O) groups excluding carboxylic acids is 1. The van der Waals surface area contributed by atoms with Crippen molar-refractivity contribution in [3.63, 3.8) is 0 Å². The van der Waals surface area contributed by atoms with Crippen LogP contribution < -0.4 is 0 Å². The van der Waals surface area contributed by atoms with Gasteiger partial charge in [0.1, 0.15) is 18.2 Å². The first kappa shape index (κ1) is 21.6. The summed E-state index contributed by atoms with van der Waals surface area (Å²) in [6.45, 7) is 0.508. The fraction of sp³-hybridized carbons (Fsp3) is 0.174. The molecule has 0 unspecified atom stereocenters. The van der Waals surface area contributed by atoms with Crippen LogP contribution in [0.1, 0.15) is 33.4 Å². The van der Waals surface area contributed by atoms with Crippen molar-refractivity contribution in [3.8, 4) is 0 Å². The van der Waals surface area contributed by atoms with Gasteiger partial charge in [0.25, 0.3) is 0 Å². The molecule has 0 radical (unpaired) electrons. The molecular formula is C23H16F3N5O3. The zero-order valence-electron chi connectivity index (χ0n) is 17.4. The van der Waals surface area contributed by atoms with E-state index in [0.717, 1.165) is 17.7 Å². The van der Waals surface area contributed by atoms with Crippen LogP contribution >= 0.6 is 0 Å². The first-order valence-electron chi connectivity index (χ1n) is 10.2. The first-order chi connectivity index (χ1) is 16.4. The fourth-order valence-electron chi connectivity index (χ4n) is 3.45. The maximum Gasteiger partial charge on any atom is 0.416 e. The van der Waals surface area contributed by atoms with E-state index < -0.39 is 17.7 Å². The molecule has 0 N–H and O–H groups in total. The summed E-state index contributed by atoms with van der Waals surface area (Å²) in [4.78, 5) is 29.1. The molecule has 8 nitrogen and oxygen atoms in total. The van der Waals surface area contributed by atoms with E-state index in [1.807, 2.05) is 30.3 Å². The van der Waals surface area contributed by atoms with Crippen LogP contribution in [0.5, 0.6) is 0 Å². The van der Waals surface area contributed by atoms with Gasteiger partial charge in [0.05, 0.1) is 18.1 Å². The lowest BCUT2D eigenvalue weighted by molar-refractivity contribution is -0.137. The largest absolute Gasteiger partial charge is 0.448 e. The van der Waals surface area contributed by atoms with Gasteiger partial charge in [-0.2, -0.15) is 13.2 Å². The molecule has 0 amide bonds. The number of imidazole rings is 1. The number of hydrogen-bond donors (Lipinski definition) is 0. The molecule has 0 spiro atoms. The zero-order valence-corrected chi connectivity index (χ0v) is 17.4. The van der Waals surface area contributed by atoms with Crippen molar-refractivity contribution in [2.75, 3.05) is 6.61 Å². The van der Waals surface area contributed by atoms with Crippen molar-refractivity contribution in [1.82, 2.24) is 19.5 Å². The summed E-state index contributed by atoms with van der Waals surface area (Å²) in [6.07, 6.45) is -1.67. The van der Waals surface area contributed by atoms with Crippen molar-refractivity contribution in [1.29, 1.82) is 0 Å². The summed E-state index contributed by atoms with van der Waals surface area (Å²) < 4.78 is 50.5. The number of carbonyl (C=O) groups is 1. The van der Waals surface area contributed by atoms with Gasteiger partial charge < -0.3 is 14.0 Å². The molecular weight excluding hydrogens is 451 g/mol. The monoisotopic (exact) mass is 467 g/mol. The Hall–Kier alpha value is -4.28. The second-order valence-electron chi connectivity index (χ2n) is 7.49. The van der Waals surface area contributed by atoms with Crippen LogP contribution in [0.3, 0.4) is 0 Å². The van der Waals surface area contributed by atoms with Gasteiger partial charge in [-0.15, -0.1) is 0 Å². The molecule has 1 atom stereocenters. The lowest BCUT2D eigenvalue weighted by Gasteiger charge is -2.08. The number of aromatic nitrogens is 4. The van der Waals surface area contributed by atoms with E-state index in [9.17, 15) is 18.0 Å². The van der Waals surface area contributed by atoms with Gasteiger partial charge in [-0.3, -0.25) is 0 Å². The van der Waals surface area contributed by atoms with Gasteiger partial charge in [-0.25, -0.2) is 24.7 Å². The van der Waals surface area contributed by atoms with Crippen molar-refractivity contribution in [2.24, 2.45) is 4.99 Å². The topological polar surface area (TPSA) is 91.5 Å². The second-order valence-corrected chi connectivity index (χ2v) is 7.49. The van der Waals surface area contributed by atoms with Crippen LogP contribution in [0.25, 0.3) is 11.2 Å². The van der Waals surface area contributed by atoms with Crippen molar-refractivity contribution >= 4 is 23.2 Å². The highest BCUT2D eigenvalue weighted by atomic mass is 19.4. The molecule has 0 bridgehead atoms. The Morgan fingerprint density at radius 3 is 2.59 bits per heavy atom. The van der Waals surface area contributed by atoms with Crippen molar-refractivity contribution in [2.45, 2.75) is 18.8 Å². The summed E-state index contributed by atoms with van der Waals surface area (Å²) in [7, 11) is 0. The van der Waals surface area contributed by atoms with E-state index in [0.29, 0.717) is 11.1 Å². The van der Waals surface area contributed by atoms with E-state index in [4.69, 9.17) is 9.47 Å². The number of rotatable bonds is 4. The molecule has 2 aromatic carbocycles. The molecule has 0 aliphatic carbocycles. The van der Waals surface area contributed by atoms with Crippen LogP contribution in [0.4, 0.5) is 13.2 Å². The Morgan fingerprint density at radius 2 is 1.85 bits per heavy atom. The Morgan fingerprint density at radius 1 is 1.09 bits per heavy atom. The average molecular weight is 467 g/mol. The normalized spacial score (nSPS) is 15.7. The highest BCUT2D eigenvalue weighted by molar-refractivity contribution is 5.94. The van der Waals surface area contributed by atoms with Crippen LogP contribution in [0.15, 0.2) is 72.1 Å². The third-order valence-electron chi connectivity index (χ3n) is 5.19. The predicted molar refractivity (Wildman–Crippen MR) is 114 cm³/mol. The fourth-order valence-corrected chi connectivity index (χ4v) is 3.45. The SMILES string of the molecule is O=C(OC1=N[C@H](c2ccccc2)CO1)c1ncc2c(ncn2Cc2ccc(C(F)(F)F)cc2)n1. The summed E-state index contributed by atoms with van der Waals surface area (Å²) in [5.74, 6) is -1.06. The third-order valence-corrected chi connectivity index (χ3v) is 5.19. The number of esters is 1. The number of alkyl halides is 3. The van der Waals surface area contributed by atoms with E-state index in [1.165, 1.54) is 24.7 Å². The van der Waals surface area contributed by atoms with Crippen LogP contribution in [-0.4, -0.2) is 38.2 Å². The molecule has 0 saturated heterocycles. The van der Waals surface area contributed by atoms with Crippen LogP contribution in [-0.2, 0) is 22.2 Å². The summed E-state index contributed by atoms with van der Waals surface area (Å²) in [5.41, 5.74) is 1.61. The highest BCUT2D eigenvalue weighted by Crippen LogP contribution is 2.29. The quantitative estimate of drug-likeness (QED) is 0.418. The lowest BCUT2D eigenvalue weighted by Crippen LogP contribution is -2.15. The maximum atomic E-state index is 12.7. The average Bonchev–Trinajstić information content (AvgIpc) is 3.46. The van der Waals surface area contributed by atoms with E-state index >= 15 is 0 Å². The van der Waals surface area contributed by atoms with Crippen molar-refractivity contribution in [3.05, 3.63) is 89.6 Å². The van der Waals surface area contributed by atoms with E-state index in [1.54, 1.807) is 4.57 Å². The first-order valence-corrected chi connectivity index (χ1v) is 10.2. The number of benzene rings is 2. The molecule has 1 aliphatic heterocycles. The molecule has 11 heteroatoms. The summed E-state index contributed by atoms with van der Waals surface area (Å²) >= 11 is 0. The number of halogens is 3. The van der Waals surface area contributed by atoms with Gasteiger partial charge in [-0.05, 0) is 23.3 Å². The molecule has 172 valence electrons. The third kappa shape index (κ3) is 4.45. The van der Waals surface area contributed by atoms with Gasteiger partial charge in [0.15, 0.2) is 5.65 Å². The van der Waals surface area contributed by atoms with Gasteiger partial charge in [-0.1, -0.05) is 42.5 Å². The number of aliphatic imine (C=N–C) groups is 1. The van der Waals surface area contributed by atoms with Crippen molar-refractivity contribution < 1.29 is 27.4 Å². The number of ether oxygens (including phenoxy) is 2. The van der Waals surface area contributed by atoms with Gasteiger partial charge >= 0.3 is 18.2 Å². The minimum Gasteiger partial charge on any atom is -0.448 e. The van der Waals surface area contributed by atoms with E-state index in [-0.39, 0.29) is 36.7 Å². The smallest absolute Gasteiger partial charge is 0.416 e. The van der Waals surface area contributed by atoms with Gasteiger partial charge in [0.2, 0.25) is 5.82 Å².